The van der Waals surface area contributed by atoms with Crippen molar-refractivity contribution in [3.63, 3.8) is 0 Å². The van der Waals surface area contributed by atoms with Gasteiger partial charge >= 0.3 is 48.5 Å². The lowest BCUT2D eigenvalue weighted by molar-refractivity contribution is -0.492. The summed E-state index contributed by atoms with van der Waals surface area (Å²) in [5.74, 6) is -40.8. The highest BCUT2D eigenvalue weighted by molar-refractivity contribution is 5.17. The van der Waals surface area contributed by atoms with Gasteiger partial charge in [0.2, 0.25) is 5.60 Å². The molecular weight excluding hydrogens is 591 g/mol. The first-order valence-corrected chi connectivity index (χ1v) is 8.34. The zero-order valence-corrected chi connectivity index (χ0v) is 16.8. The SMILES string of the molecule is CC(CC(OC(F)(F)F)(C(F)(F)F)C(F)(F)C(F)(F)C(F)(F)C(F)(F)C(F)(F)COC(F)(F)F)N=[N+]=[N-]. The molecule has 0 aliphatic heterocycles. The molecule has 0 N–H and O–H groups in total. The second kappa shape index (κ2) is 9.89. The Morgan fingerprint density at radius 1 is 0.649 bits per heavy atom. The van der Waals surface area contributed by atoms with Crippen LogP contribution < -0.4 is 0 Å². The van der Waals surface area contributed by atoms with Crippen LogP contribution in [0.1, 0.15) is 13.3 Å². The minimum absolute atomic E-state index is 0.00351. The van der Waals surface area contributed by atoms with E-state index in [4.69, 9.17) is 5.53 Å². The van der Waals surface area contributed by atoms with Crippen molar-refractivity contribution in [3.05, 3.63) is 10.4 Å². The minimum atomic E-state index is -8.61. The molecule has 0 aliphatic rings. The smallest absolute Gasteiger partial charge is 0.285 e. The van der Waals surface area contributed by atoms with Crippen LogP contribution in [0.25, 0.3) is 10.4 Å². The van der Waals surface area contributed by atoms with E-state index in [1.54, 1.807) is 4.91 Å². The molecule has 0 bridgehead atoms. The molecule has 2 unspecified atom stereocenters. The fourth-order valence-electron chi connectivity index (χ4n) is 2.47. The first-order valence-electron chi connectivity index (χ1n) is 8.34. The van der Waals surface area contributed by atoms with Crippen LogP contribution in [-0.2, 0) is 9.47 Å². The summed E-state index contributed by atoms with van der Waals surface area (Å²) in [7, 11) is 0. The van der Waals surface area contributed by atoms with Gasteiger partial charge in [0.15, 0.2) is 0 Å². The lowest BCUT2D eigenvalue weighted by atomic mass is 9.80. The highest BCUT2D eigenvalue weighted by Gasteiger charge is 2.92. The summed E-state index contributed by atoms with van der Waals surface area (Å²) in [6.45, 7) is -3.98. The maximum Gasteiger partial charge on any atom is 0.523 e. The van der Waals surface area contributed by atoms with E-state index in [1.165, 1.54) is 0 Å². The molecule has 5 nitrogen and oxygen atoms in total. The molecule has 220 valence electrons. The topological polar surface area (TPSA) is 67.2 Å². The van der Waals surface area contributed by atoms with Gasteiger partial charge in [-0.1, -0.05) is 12.0 Å². The van der Waals surface area contributed by atoms with Gasteiger partial charge in [-0.05, 0) is 5.53 Å². The monoisotopic (exact) mass is 599 g/mol. The van der Waals surface area contributed by atoms with Gasteiger partial charge in [-0.25, -0.2) is 0 Å². The van der Waals surface area contributed by atoms with Gasteiger partial charge in [0.1, 0.15) is 6.61 Å². The summed E-state index contributed by atoms with van der Waals surface area (Å²) in [5.41, 5.74) is 1.01. The average molecular weight is 599 g/mol. The molecule has 0 aliphatic carbocycles. The summed E-state index contributed by atoms with van der Waals surface area (Å²) < 4.78 is 256. The Kier molecular flexibility index (Phi) is 9.33. The van der Waals surface area contributed by atoms with Gasteiger partial charge in [-0.2, -0.15) is 57.1 Å². The molecule has 0 aromatic rings. The number of rotatable bonds is 11. The number of nitrogens with zero attached hydrogens (tertiary/aromatic N) is 3. The van der Waals surface area contributed by atoms with E-state index in [0.717, 1.165) is 0 Å². The molecule has 2 atom stereocenters. The number of alkyl halides is 19. The Balaban J connectivity index is 7.25. The molecule has 0 saturated carbocycles. The van der Waals surface area contributed by atoms with Crippen LogP contribution in [0.5, 0.6) is 0 Å². The highest BCUT2D eigenvalue weighted by atomic mass is 19.4. The summed E-state index contributed by atoms with van der Waals surface area (Å²) in [6, 6.07) is -2.94. The van der Waals surface area contributed by atoms with E-state index in [-0.39, 0.29) is 6.92 Å². The largest absolute Gasteiger partial charge is 0.523 e. The summed E-state index contributed by atoms with van der Waals surface area (Å²) in [4.78, 5) is 1.62. The first-order chi connectivity index (χ1) is 15.9. The normalized spacial score (nSPS) is 17.7. The van der Waals surface area contributed by atoms with Crippen molar-refractivity contribution in [1.29, 1.82) is 0 Å². The van der Waals surface area contributed by atoms with Gasteiger partial charge in [0, 0.05) is 17.4 Å². The zero-order valence-electron chi connectivity index (χ0n) is 16.8. The Hall–Kier alpha value is -2.10. The summed E-state index contributed by atoms with van der Waals surface area (Å²) in [6.07, 6.45) is -24.4. The molecule has 0 rings (SSSR count). The molecule has 37 heavy (non-hydrogen) atoms. The van der Waals surface area contributed by atoms with Crippen molar-refractivity contribution in [1.82, 2.24) is 0 Å². The molecule has 0 aromatic carbocycles. The van der Waals surface area contributed by atoms with Crippen molar-refractivity contribution in [3.8, 4) is 0 Å². The molecule has 0 radical (unpaired) electrons. The van der Waals surface area contributed by atoms with E-state index in [2.05, 4.69) is 5.11 Å². The van der Waals surface area contributed by atoms with Crippen LogP contribution in [0, 0.1) is 0 Å². The van der Waals surface area contributed by atoms with Gasteiger partial charge < -0.3 is 0 Å². The van der Waals surface area contributed by atoms with Crippen molar-refractivity contribution in [2.24, 2.45) is 5.11 Å². The maximum atomic E-state index is 14.4. The van der Waals surface area contributed by atoms with Crippen molar-refractivity contribution in [2.45, 2.75) is 73.5 Å². The summed E-state index contributed by atoms with van der Waals surface area (Å²) in [5, 5.41) is 2.12. The average Bonchev–Trinajstić information content (AvgIpc) is 2.62. The van der Waals surface area contributed by atoms with E-state index in [9.17, 15) is 83.4 Å². The predicted molar refractivity (Wildman–Crippen MR) is 75.9 cm³/mol. The molecule has 24 heteroatoms. The number of hydrogen-bond donors (Lipinski definition) is 0. The molecule has 0 amide bonds. The molecule has 0 saturated heterocycles. The summed E-state index contributed by atoms with van der Waals surface area (Å²) >= 11 is 0. The zero-order chi connectivity index (χ0) is 30.3. The fraction of sp³-hybridized carbons (Fsp3) is 1.00. The van der Waals surface area contributed by atoms with Crippen LogP contribution >= 0.6 is 0 Å². The van der Waals surface area contributed by atoms with E-state index in [1.807, 2.05) is 9.47 Å². The predicted octanol–water partition coefficient (Wildman–Crippen LogP) is 7.63. The van der Waals surface area contributed by atoms with E-state index in [0.29, 0.717) is 0 Å². The first kappa shape index (κ1) is 34.9. The Morgan fingerprint density at radius 3 is 1.38 bits per heavy atom. The van der Waals surface area contributed by atoms with Crippen LogP contribution in [0.2, 0.25) is 0 Å². The van der Waals surface area contributed by atoms with Gasteiger partial charge in [-0.3, -0.25) is 9.47 Å². The third kappa shape index (κ3) is 6.49. The van der Waals surface area contributed by atoms with E-state index >= 15 is 0 Å². The third-order valence-corrected chi connectivity index (χ3v) is 4.15. The number of halogens is 19. The van der Waals surface area contributed by atoms with Crippen molar-refractivity contribution < 1.29 is 92.9 Å². The van der Waals surface area contributed by atoms with Gasteiger partial charge in [0.25, 0.3) is 0 Å². The molecule has 0 aromatic heterocycles. The number of azide groups is 1. The van der Waals surface area contributed by atoms with Crippen LogP contribution in [-0.4, -0.2) is 66.8 Å². The standard InChI is InChI=1S/C13H8F19N3O2/c1-4(34-35-33)2-5(11(24,25)26,37-13(30,31)32)7(16,17)9(20,21)10(22,23)8(18,19)6(14,15)3-36-12(27,28)29/h4H,2-3H2,1H3. The molecular formula is C13H8F19N3O2. The fourth-order valence-corrected chi connectivity index (χ4v) is 2.47. The third-order valence-electron chi connectivity index (χ3n) is 4.15. The minimum Gasteiger partial charge on any atom is -0.285 e. The van der Waals surface area contributed by atoms with Crippen molar-refractivity contribution in [2.75, 3.05) is 6.61 Å². The van der Waals surface area contributed by atoms with Crippen LogP contribution in [0.3, 0.4) is 0 Å². The maximum absolute atomic E-state index is 14.4. The lowest BCUT2D eigenvalue weighted by Gasteiger charge is -2.47. The van der Waals surface area contributed by atoms with Gasteiger partial charge in [0.05, 0.1) is 0 Å². The number of ether oxygens (including phenoxy) is 2. The quantitative estimate of drug-likeness (QED) is 0.106. The molecule has 0 heterocycles. The van der Waals surface area contributed by atoms with Crippen molar-refractivity contribution >= 4 is 0 Å². The highest BCUT2D eigenvalue weighted by Crippen LogP contribution is 2.63. The van der Waals surface area contributed by atoms with E-state index < -0.39 is 73.2 Å². The lowest BCUT2D eigenvalue weighted by Crippen LogP contribution is -2.76. The Morgan fingerprint density at radius 2 is 1.05 bits per heavy atom. The van der Waals surface area contributed by atoms with Crippen LogP contribution in [0.4, 0.5) is 83.4 Å². The molecule has 0 spiro atoms. The molecule has 0 fully saturated rings. The van der Waals surface area contributed by atoms with Gasteiger partial charge in [-0.15, -0.1) is 26.3 Å². The Labute approximate surface area is 190 Å². The number of hydrogen-bond acceptors (Lipinski definition) is 3. The second-order valence-corrected chi connectivity index (χ2v) is 6.87. The second-order valence-electron chi connectivity index (χ2n) is 6.87. The Bertz CT molecular complexity index is 842. The van der Waals surface area contributed by atoms with Crippen LogP contribution in [0.15, 0.2) is 5.11 Å².